The van der Waals surface area contributed by atoms with Crippen molar-refractivity contribution < 1.29 is 47.5 Å². The van der Waals surface area contributed by atoms with Gasteiger partial charge in [0.05, 0.1) is 103 Å². The van der Waals surface area contributed by atoms with E-state index in [-0.39, 0.29) is 11.8 Å². The Morgan fingerprint density at radius 3 is 1.97 bits per heavy atom. The summed E-state index contributed by atoms with van der Waals surface area (Å²) in [6.07, 6.45) is 1.34. The van der Waals surface area contributed by atoms with E-state index in [1.54, 1.807) is 6.07 Å². The molecule has 1 saturated heterocycles. The van der Waals surface area contributed by atoms with E-state index in [9.17, 15) is 14.4 Å². The fourth-order valence-electron chi connectivity index (χ4n) is 5.53. The molecule has 4 rings (SSSR count). The van der Waals surface area contributed by atoms with Crippen LogP contribution >= 0.6 is 22.9 Å². The van der Waals surface area contributed by atoms with Gasteiger partial charge in [-0.2, -0.15) is 0 Å². The third-order valence-electron chi connectivity index (χ3n) is 8.44. The predicted molar refractivity (Wildman–Crippen MR) is 229 cm³/mol. The number of rotatable bonds is 26. The van der Waals surface area contributed by atoms with Crippen molar-refractivity contribution in [3.63, 3.8) is 0 Å². The molecule has 1 aliphatic heterocycles. The van der Waals surface area contributed by atoms with E-state index in [0.29, 0.717) is 151 Å². The van der Waals surface area contributed by atoms with Gasteiger partial charge in [0.15, 0.2) is 5.13 Å². The summed E-state index contributed by atoms with van der Waals surface area (Å²) in [5.41, 5.74) is 0.908. The average Bonchev–Trinajstić information content (AvgIpc) is 3.67. The molecule has 3 aromatic rings. The monoisotopic (exact) mass is 878 g/mol. The molecule has 0 spiro atoms. The largest absolute Gasteiger partial charge is 0.444 e. The topological polar surface area (TPSA) is 197 Å². The van der Waals surface area contributed by atoms with Crippen LogP contribution in [0.5, 0.6) is 0 Å². The van der Waals surface area contributed by atoms with Crippen LogP contribution in [-0.2, 0) is 38.0 Å². The van der Waals surface area contributed by atoms with Crippen LogP contribution in [0.3, 0.4) is 0 Å². The van der Waals surface area contributed by atoms with E-state index in [4.69, 9.17) is 44.8 Å². The first-order chi connectivity index (χ1) is 28.9. The number of halogens is 1. The number of aromatic nitrogens is 3. The molecule has 1 fully saturated rings. The van der Waals surface area contributed by atoms with Crippen molar-refractivity contribution in [3.05, 3.63) is 51.7 Å². The lowest BCUT2D eigenvalue weighted by Gasteiger charge is -2.35. The highest BCUT2D eigenvalue weighted by Crippen LogP contribution is 2.28. The van der Waals surface area contributed by atoms with Crippen LogP contribution in [0.15, 0.2) is 30.5 Å². The highest BCUT2D eigenvalue weighted by molar-refractivity contribution is 7.17. The number of anilines is 4. The second-order valence-corrected chi connectivity index (χ2v) is 15.9. The summed E-state index contributed by atoms with van der Waals surface area (Å²) in [6, 6.07) is 7.28. The van der Waals surface area contributed by atoms with Gasteiger partial charge in [-0.05, 0) is 46.2 Å². The van der Waals surface area contributed by atoms with Crippen LogP contribution < -0.4 is 20.9 Å². The molecule has 18 nitrogen and oxygen atoms in total. The zero-order valence-corrected chi connectivity index (χ0v) is 36.8. The maximum Gasteiger partial charge on any atom is 0.407 e. The molecule has 60 heavy (non-hydrogen) atoms. The Morgan fingerprint density at radius 2 is 1.38 bits per heavy atom. The molecule has 3 N–H and O–H groups in total. The molecule has 0 radical (unpaired) electrons. The van der Waals surface area contributed by atoms with E-state index >= 15 is 0 Å². The first-order valence-corrected chi connectivity index (χ1v) is 21.2. The van der Waals surface area contributed by atoms with Gasteiger partial charge in [0.25, 0.3) is 5.91 Å². The van der Waals surface area contributed by atoms with E-state index in [1.165, 1.54) is 17.5 Å². The quantitative estimate of drug-likeness (QED) is 0.0924. The second kappa shape index (κ2) is 26.2. The van der Waals surface area contributed by atoms with Crippen LogP contribution in [0.1, 0.15) is 48.3 Å². The van der Waals surface area contributed by atoms with E-state index in [2.05, 4.69) is 35.8 Å². The van der Waals surface area contributed by atoms with Gasteiger partial charge in [-0.25, -0.2) is 19.7 Å². The highest BCUT2D eigenvalue weighted by Gasteiger charge is 2.23. The normalized spacial score (nSPS) is 13.0. The number of thiazole rings is 1. The summed E-state index contributed by atoms with van der Waals surface area (Å²) in [5, 5.41) is 9.68. The van der Waals surface area contributed by atoms with Crippen LogP contribution in [0.4, 0.5) is 27.2 Å². The van der Waals surface area contributed by atoms with E-state index in [1.807, 2.05) is 57.7 Å². The Bertz CT molecular complexity index is 1750. The van der Waals surface area contributed by atoms with Crippen molar-refractivity contribution in [1.29, 1.82) is 0 Å². The fraction of sp³-hybridized carbons (Fsp3) is 0.600. The molecule has 0 aliphatic carbocycles. The molecule has 2 aromatic heterocycles. The third kappa shape index (κ3) is 18.6. The van der Waals surface area contributed by atoms with Gasteiger partial charge in [0.2, 0.25) is 5.91 Å². The first-order valence-electron chi connectivity index (χ1n) is 20.0. The smallest absolute Gasteiger partial charge is 0.407 e. The second-order valence-electron chi connectivity index (χ2n) is 14.4. The Morgan fingerprint density at radius 1 is 0.800 bits per heavy atom. The van der Waals surface area contributed by atoms with Crippen molar-refractivity contribution in [1.82, 2.24) is 25.2 Å². The Kier molecular flexibility index (Phi) is 21.2. The van der Waals surface area contributed by atoms with E-state index < -0.39 is 11.7 Å². The minimum atomic E-state index is -0.526. The number of benzene rings is 1. The van der Waals surface area contributed by atoms with Gasteiger partial charge >= 0.3 is 6.09 Å². The lowest BCUT2D eigenvalue weighted by molar-refractivity contribution is -0.132. The number of hydrogen-bond donors (Lipinski definition) is 3. The molecule has 3 heterocycles. The zero-order chi connectivity index (χ0) is 43.2. The fourth-order valence-corrected chi connectivity index (χ4v) is 6.52. The van der Waals surface area contributed by atoms with Gasteiger partial charge in [-0.15, -0.1) is 0 Å². The predicted octanol–water partition coefficient (Wildman–Crippen LogP) is 4.86. The van der Waals surface area contributed by atoms with Crippen LogP contribution in [-0.4, -0.2) is 155 Å². The van der Waals surface area contributed by atoms with Crippen molar-refractivity contribution in [2.75, 3.05) is 128 Å². The number of piperazine rings is 1. The summed E-state index contributed by atoms with van der Waals surface area (Å²) in [4.78, 5) is 55.2. The molecule has 1 aromatic carbocycles. The minimum Gasteiger partial charge on any atom is -0.444 e. The van der Waals surface area contributed by atoms with Gasteiger partial charge < -0.3 is 58.9 Å². The molecule has 0 saturated carbocycles. The van der Waals surface area contributed by atoms with Gasteiger partial charge in [0.1, 0.15) is 27.9 Å². The number of amides is 3. The number of alkyl carbamates (subject to hydrolysis) is 1. The molecule has 0 bridgehead atoms. The van der Waals surface area contributed by atoms with Crippen LogP contribution in [0.2, 0.25) is 5.02 Å². The minimum absolute atomic E-state index is 0.0443. The number of hydrogen-bond acceptors (Lipinski definition) is 16. The molecule has 0 unspecified atom stereocenters. The zero-order valence-electron chi connectivity index (χ0n) is 35.2. The maximum absolute atomic E-state index is 12.9. The lowest BCUT2D eigenvalue weighted by Crippen LogP contribution is -2.49. The van der Waals surface area contributed by atoms with Crippen molar-refractivity contribution in [2.24, 2.45) is 0 Å². The number of nitrogens with zero attached hydrogens (tertiary/aromatic N) is 5. The van der Waals surface area contributed by atoms with Gasteiger partial charge in [-0.3, -0.25) is 9.59 Å². The summed E-state index contributed by atoms with van der Waals surface area (Å²) in [7, 11) is 0. The van der Waals surface area contributed by atoms with Crippen molar-refractivity contribution >= 4 is 63.3 Å². The highest BCUT2D eigenvalue weighted by atomic mass is 35.5. The Labute approximate surface area is 360 Å². The van der Waals surface area contributed by atoms with Crippen molar-refractivity contribution in [2.45, 2.75) is 46.6 Å². The molecular formula is C40H59ClN8O10S. The third-order valence-corrected chi connectivity index (χ3v) is 9.67. The lowest BCUT2D eigenvalue weighted by atomic mass is 10.2. The summed E-state index contributed by atoms with van der Waals surface area (Å²) < 4.78 is 38.2. The molecular weight excluding hydrogens is 820 g/mol. The summed E-state index contributed by atoms with van der Waals surface area (Å²) in [5.74, 6) is 1.62. The van der Waals surface area contributed by atoms with E-state index in [0.717, 1.165) is 11.4 Å². The van der Waals surface area contributed by atoms with Crippen LogP contribution in [0, 0.1) is 13.8 Å². The van der Waals surface area contributed by atoms with Gasteiger partial charge in [0, 0.05) is 38.8 Å². The number of aryl methyl sites for hydroxylation is 2. The van der Waals surface area contributed by atoms with Gasteiger partial charge in [-0.1, -0.05) is 35.1 Å². The summed E-state index contributed by atoms with van der Waals surface area (Å²) in [6.45, 7) is 16.9. The standard InChI is InChI=1S/C40H59ClN8O10S/c1-29-7-6-8-31(41)36(29)47-37(51)32-28-43-38(60-32)46-33-27-34(45-30(2)44-33)48-11-13-49(14-12-48)35(50)9-15-53-17-19-55-21-23-57-25-26-58-24-22-56-20-18-54-16-10-42-39(52)59-40(3,4)5/h6-8,27-28H,9-26H2,1-5H3,(H,42,52)(H,47,51)(H,43,44,45,46). The molecule has 3 amide bonds. The number of carbonyl (C=O) groups is 3. The SMILES string of the molecule is Cc1nc(Nc2ncc(C(=O)Nc3c(C)cccc3Cl)s2)cc(N2CCN(C(=O)CCOCCOCCOCCOCCOCCOCCNC(=O)OC(C)(C)C)CC2)n1. The number of para-hydroxylation sites is 1. The molecule has 332 valence electrons. The number of ether oxygens (including phenoxy) is 7. The number of nitrogens with one attached hydrogen (secondary N) is 3. The average molecular weight is 879 g/mol. The Balaban J connectivity index is 0.965. The number of carbonyl (C=O) groups excluding carboxylic acids is 3. The molecule has 20 heteroatoms. The maximum atomic E-state index is 12.9. The van der Waals surface area contributed by atoms with Crippen molar-refractivity contribution in [3.8, 4) is 0 Å². The van der Waals surface area contributed by atoms with Crippen LogP contribution in [0.25, 0.3) is 0 Å². The molecule has 1 aliphatic rings. The Hall–Kier alpha value is -4.21. The molecule has 0 atom stereocenters. The first kappa shape index (κ1) is 48.5. The summed E-state index contributed by atoms with van der Waals surface area (Å²) >= 11 is 7.48.